The van der Waals surface area contributed by atoms with Gasteiger partial charge in [-0.25, -0.2) is 19.9 Å². The highest BCUT2D eigenvalue weighted by Crippen LogP contribution is 2.34. The lowest BCUT2D eigenvalue weighted by molar-refractivity contribution is 1.20. The number of H-pyrrole nitrogens is 1. The van der Waals surface area contributed by atoms with Crippen LogP contribution in [-0.2, 0) is 0 Å². The summed E-state index contributed by atoms with van der Waals surface area (Å²) in [6, 6.07) is 8.77. The number of nitrogens with one attached hydrogen (secondary N) is 2. The molecule has 0 atom stereocenters. The third-order valence-corrected chi connectivity index (χ3v) is 4.16. The predicted octanol–water partition coefficient (Wildman–Crippen LogP) is 4.05. The van der Waals surface area contributed by atoms with Gasteiger partial charge in [0.05, 0.1) is 15.6 Å². The molecule has 0 bridgehead atoms. The summed E-state index contributed by atoms with van der Waals surface area (Å²) in [6.45, 7) is 0. The van der Waals surface area contributed by atoms with E-state index in [9.17, 15) is 0 Å². The minimum atomic E-state index is 0.406. The Hall–Kier alpha value is -2.90. The zero-order valence-corrected chi connectivity index (χ0v) is 14.2. The lowest BCUT2D eigenvalue weighted by Crippen LogP contribution is -1.97. The van der Waals surface area contributed by atoms with E-state index in [1.165, 1.54) is 6.33 Å². The van der Waals surface area contributed by atoms with Crippen LogP contribution in [0.25, 0.3) is 22.6 Å². The fourth-order valence-electron chi connectivity index (χ4n) is 2.43. The molecule has 0 aliphatic rings. The van der Waals surface area contributed by atoms with Crippen molar-refractivity contribution in [2.45, 2.75) is 0 Å². The van der Waals surface area contributed by atoms with Crippen LogP contribution in [0.3, 0.4) is 0 Å². The number of nitrogen functional groups attached to an aromatic ring is 1. The number of hydrogen-bond acceptors (Lipinski definition) is 6. The standard InChI is InChI=1S/C16H11Cl2N7/c17-9-2-1-3-10(18)12(9)14-24-13-15(21-7-22-16(13)25-14)23-8-4-5-20-11(19)6-8/h1-7H,(H4,19,20,21,22,23,24,25). The number of nitrogens with two attached hydrogens (primary N) is 1. The van der Waals surface area contributed by atoms with Crippen molar-refractivity contribution in [1.29, 1.82) is 0 Å². The molecular formula is C16H11Cl2N7. The zero-order valence-electron chi connectivity index (χ0n) is 12.7. The van der Waals surface area contributed by atoms with Gasteiger partial charge < -0.3 is 16.0 Å². The highest BCUT2D eigenvalue weighted by Gasteiger charge is 2.15. The molecule has 3 heterocycles. The number of anilines is 3. The molecule has 1 aromatic carbocycles. The first-order valence-electron chi connectivity index (χ1n) is 7.25. The third kappa shape index (κ3) is 2.95. The van der Waals surface area contributed by atoms with Gasteiger partial charge in [0.1, 0.15) is 23.5 Å². The van der Waals surface area contributed by atoms with Gasteiger partial charge in [0.2, 0.25) is 0 Å². The number of halogens is 2. The third-order valence-electron chi connectivity index (χ3n) is 3.53. The second-order valence-corrected chi connectivity index (χ2v) is 6.01. The lowest BCUT2D eigenvalue weighted by Gasteiger charge is -2.06. The van der Waals surface area contributed by atoms with Crippen LogP contribution >= 0.6 is 23.2 Å². The van der Waals surface area contributed by atoms with Crippen molar-refractivity contribution in [3.05, 3.63) is 52.9 Å². The number of pyridine rings is 1. The summed E-state index contributed by atoms with van der Waals surface area (Å²) >= 11 is 12.5. The highest BCUT2D eigenvalue weighted by molar-refractivity contribution is 6.39. The summed E-state index contributed by atoms with van der Waals surface area (Å²) in [5.41, 5.74) is 8.19. The molecule has 0 aliphatic carbocycles. The van der Waals surface area contributed by atoms with E-state index in [0.717, 1.165) is 5.69 Å². The second kappa shape index (κ2) is 6.19. The fourth-order valence-corrected chi connectivity index (χ4v) is 3.00. The number of imidazole rings is 1. The Kier molecular flexibility index (Phi) is 3.87. The van der Waals surface area contributed by atoms with E-state index < -0.39 is 0 Å². The molecule has 0 saturated heterocycles. The summed E-state index contributed by atoms with van der Waals surface area (Å²) in [5.74, 6) is 1.48. The summed E-state index contributed by atoms with van der Waals surface area (Å²) < 4.78 is 0. The molecule has 4 aromatic rings. The lowest BCUT2D eigenvalue weighted by atomic mass is 10.2. The summed E-state index contributed by atoms with van der Waals surface area (Å²) in [4.78, 5) is 20.1. The first-order chi connectivity index (χ1) is 12.1. The molecule has 0 amide bonds. The monoisotopic (exact) mass is 371 g/mol. The molecule has 9 heteroatoms. The molecule has 4 N–H and O–H groups in total. The topological polar surface area (TPSA) is 105 Å². The van der Waals surface area contributed by atoms with Crippen LogP contribution < -0.4 is 11.1 Å². The molecule has 0 saturated carbocycles. The van der Waals surface area contributed by atoms with E-state index in [-0.39, 0.29) is 0 Å². The van der Waals surface area contributed by atoms with E-state index in [0.29, 0.717) is 44.2 Å². The molecule has 0 unspecified atom stereocenters. The Bertz CT molecular complexity index is 1060. The first-order valence-corrected chi connectivity index (χ1v) is 8.01. The Labute approximate surface area is 152 Å². The van der Waals surface area contributed by atoms with Crippen molar-refractivity contribution < 1.29 is 0 Å². The van der Waals surface area contributed by atoms with Gasteiger partial charge in [0.15, 0.2) is 11.5 Å². The van der Waals surface area contributed by atoms with Gasteiger partial charge in [0, 0.05) is 18.0 Å². The van der Waals surface area contributed by atoms with Crippen LogP contribution in [0.4, 0.5) is 17.3 Å². The van der Waals surface area contributed by atoms with Gasteiger partial charge in [-0.3, -0.25) is 0 Å². The van der Waals surface area contributed by atoms with Crippen molar-refractivity contribution in [1.82, 2.24) is 24.9 Å². The van der Waals surface area contributed by atoms with Crippen molar-refractivity contribution in [2.75, 3.05) is 11.1 Å². The van der Waals surface area contributed by atoms with E-state index >= 15 is 0 Å². The SMILES string of the molecule is Nc1cc(Nc2ncnc3nc(-c4c(Cl)cccc4Cl)[nH]c23)ccn1. The van der Waals surface area contributed by atoms with Crippen LogP contribution in [0.5, 0.6) is 0 Å². The first kappa shape index (κ1) is 15.6. The van der Waals surface area contributed by atoms with E-state index in [2.05, 4.69) is 30.2 Å². The maximum absolute atomic E-state index is 6.26. The average Bonchev–Trinajstić information content (AvgIpc) is 2.99. The minimum Gasteiger partial charge on any atom is -0.384 e. The number of nitrogens with zero attached hydrogens (tertiary/aromatic N) is 4. The van der Waals surface area contributed by atoms with Crippen LogP contribution in [0, 0.1) is 0 Å². The van der Waals surface area contributed by atoms with Crippen molar-refractivity contribution in [2.24, 2.45) is 0 Å². The Morgan fingerprint density at radius 2 is 1.84 bits per heavy atom. The number of rotatable bonds is 3. The van der Waals surface area contributed by atoms with Gasteiger partial charge >= 0.3 is 0 Å². The summed E-state index contributed by atoms with van der Waals surface area (Å²) in [6.07, 6.45) is 3.03. The Morgan fingerprint density at radius 1 is 1.04 bits per heavy atom. The molecule has 0 fully saturated rings. The largest absolute Gasteiger partial charge is 0.384 e. The number of benzene rings is 1. The molecule has 0 spiro atoms. The summed E-state index contributed by atoms with van der Waals surface area (Å²) in [5, 5.41) is 4.17. The molecule has 0 aliphatic heterocycles. The van der Waals surface area contributed by atoms with Gasteiger partial charge in [-0.2, -0.15) is 0 Å². The molecular weight excluding hydrogens is 361 g/mol. The van der Waals surface area contributed by atoms with Crippen molar-refractivity contribution in [3.8, 4) is 11.4 Å². The smallest absolute Gasteiger partial charge is 0.183 e. The van der Waals surface area contributed by atoms with Crippen molar-refractivity contribution in [3.63, 3.8) is 0 Å². The molecule has 25 heavy (non-hydrogen) atoms. The average molecular weight is 372 g/mol. The van der Waals surface area contributed by atoms with Crippen LogP contribution in [0.1, 0.15) is 0 Å². The minimum absolute atomic E-state index is 0.406. The summed E-state index contributed by atoms with van der Waals surface area (Å²) in [7, 11) is 0. The normalized spacial score (nSPS) is 11.0. The molecule has 3 aromatic heterocycles. The van der Waals surface area contributed by atoms with Crippen LogP contribution in [-0.4, -0.2) is 24.9 Å². The zero-order chi connectivity index (χ0) is 17.4. The van der Waals surface area contributed by atoms with Crippen molar-refractivity contribution >= 4 is 51.7 Å². The second-order valence-electron chi connectivity index (χ2n) is 5.20. The predicted molar refractivity (Wildman–Crippen MR) is 99.1 cm³/mol. The number of fused-ring (bicyclic) bond motifs is 1. The quantitative estimate of drug-likeness (QED) is 0.501. The molecule has 7 nitrogen and oxygen atoms in total. The fraction of sp³-hybridized carbons (Fsp3) is 0. The van der Waals surface area contributed by atoms with Gasteiger partial charge in [-0.15, -0.1) is 0 Å². The van der Waals surface area contributed by atoms with E-state index in [4.69, 9.17) is 28.9 Å². The maximum atomic E-state index is 6.26. The van der Waals surface area contributed by atoms with Crippen LogP contribution in [0.2, 0.25) is 10.0 Å². The van der Waals surface area contributed by atoms with Gasteiger partial charge in [0.25, 0.3) is 0 Å². The highest BCUT2D eigenvalue weighted by atomic mass is 35.5. The maximum Gasteiger partial charge on any atom is 0.183 e. The van der Waals surface area contributed by atoms with E-state index in [1.54, 1.807) is 36.5 Å². The van der Waals surface area contributed by atoms with Gasteiger partial charge in [-0.05, 0) is 18.2 Å². The number of aromatic amines is 1. The molecule has 4 rings (SSSR count). The van der Waals surface area contributed by atoms with E-state index in [1.807, 2.05) is 0 Å². The molecule has 0 radical (unpaired) electrons. The number of aromatic nitrogens is 5. The Balaban J connectivity index is 1.82. The van der Waals surface area contributed by atoms with Crippen LogP contribution in [0.15, 0.2) is 42.9 Å². The Morgan fingerprint density at radius 3 is 2.60 bits per heavy atom. The number of hydrogen-bond donors (Lipinski definition) is 3. The molecule has 124 valence electrons. The van der Waals surface area contributed by atoms with Gasteiger partial charge in [-0.1, -0.05) is 29.3 Å².